The van der Waals surface area contributed by atoms with Crippen LogP contribution >= 0.6 is 0 Å². The SMILES string of the molecule is COc1ccc(NC2CC(c3ccc(F)cc3)C2)cn1. The van der Waals surface area contributed by atoms with Crippen LogP contribution in [-0.2, 0) is 0 Å². The van der Waals surface area contributed by atoms with Crippen molar-refractivity contribution in [3.05, 3.63) is 54.0 Å². The Morgan fingerprint density at radius 2 is 1.90 bits per heavy atom. The quantitative estimate of drug-likeness (QED) is 0.923. The molecule has 0 atom stereocenters. The number of nitrogens with one attached hydrogen (secondary N) is 1. The lowest BCUT2D eigenvalue weighted by Crippen LogP contribution is -2.34. The van der Waals surface area contributed by atoms with E-state index in [9.17, 15) is 4.39 Å². The highest BCUT2D eigenvalue weighted by atomic mass is 19.1. The van der Waals surface area contributed by atoms with Gasteiger partial charge in [-0.2, -0.15) is 0 Å². The van der Waals surface area contributed by atoms with E-state index in [1.165, 1.54) is 17.7 Å². The Hall–Kier alpha value is -2.10. The van der Waals surface area contributed by atoms with E-state index in [0.717, 1.165) is 18.5 Å². The zero-order valence-electron chi connectivity index (χ0n) is 11.3. The lowest BCUT2D eigenvalue weighted by Gasteiger charge is -2.36. The lowest BCUT2D eigenvalue weighted by atomic mass is 9.76. The van der Waals surface area contributed by atoms with Gasteiger partial charge in [-0.25, -0.2) is 9.37 Å². The molecule has 1 aliphatic rings. The van der Waals surface area contributed by atoms with Gasteiger partial charge in [-0.15, -0.1) is 0 Å². The maximum absolute atomic E-state index is 12.9. The van der Waals surface area contributed by atoms with E-state index in [1.54, 1.807) is 13.3 Å². The monoisotopic (exact) mass is 272 g/mol. The zero-order valence-corrected chi connectivity index (χ0v) is 11.3. The average Bonchev–Trinajstić information content (AvgIpc) is 2.44. The maximum atomic E-state index is 12.9. The molecule has 1 aromatic carbocycles. The van der Waals surface area contributed by atoms with Crippen LogP contribution in [0.1, 0.15) is 24.3 Å². The van der Waals surface area contributed by atoms with Gasteiger partial charge in [0.1, 0.15) is 5.82 Å². The van der Waals surface area contributed by atoms with E-state index in [-0.39, 0.29) is 5.82 Å². The summed E-state index contributed by atoms with van der Waals surface area (Å²) in [5.74, 6) is 0.972. The normalized spacial score (nSPS) is 21.1. The lowest BCUT2D eigenvalue weighted by molar-refractivity contribution is 0.373. The molecule has 104 valence electrons. The first-order valence-electron chi connectivity index (χ1n) is 6.76. The third-order valence-corrected chi connectivity index (χ3v) is 3.80. The Morgan fingerprint density at radius 1 is 1.15 bits per heavy atom. The number of nitrogens with zero attached hydrogens (tertiary/aromatic N) is 1. The van der Waals surface area contributed by atoms with E-state index in [2.05, 4.69) is 10.3 Å². The molecular weight excluding hydrogens is 255 g/mol. The van der Waals surface area contributed by atoms with Gasteiger partial charge >= 0.3 is 0 Å². The van der Waals surface area contributed by atoms with Crippen LogP contribution in [0.25, 0.3) is 0 Å². The summed E-state index contributed by atoms with van der Waals surface area (Å²) >= 11 is 0. The summed E-state index contributed by atoms with van der Waals surface area (Å²) in [6.07, 6.45) is 3.92. The van der Waals surface area contributed by atoms with Crippen LogP contribution in [0.4, 0.5) is 10.1 Å². The number of pyridine rings is 1. The fourth-order valence-electron chi connectivity index (χ4n) is 2.56. The molecule has 1 fully saturated rings. The first kappa shape index (κ1) is 12.9. The number of rotatable bonds is 4. The molecule has 0 saturated heterocycles. The van der Waals surface area contributed by atoms with Crippen molar-refractivity contribution in [1.82, 2.24) is 4.98 Å². The molecule has 1 saturated carbocycles. The number of aromatic nitrogens is 1. The number of benzene rings is 1. The minimum atomic E-state index is -0.174. The van der Waals surface area contributed by atoms with Gasteiger partial charge < -0.3 is 10.1 Å². The molecule has 0 unspecified atom stereocenters. The highest BCUT2D eigenvalue weighted by Gasteiger charge is 2.30. The van der Waals surface area contributed by atoms with Crippen molar-refractivity contribution >= 4 is 5.69 Å². The number of halogens is 1. The third kappa shape index (κ3) is 2.74. The average molecular weight is 272 g/mol. The van der Waals surface area contributed by atoms with Crippen molar-refractivity contribution in [2.24, 2.45) is 0 Å². The molecule has 0 aliphatic heterocycles. The van der Waals surface area contributed by atoms with Gasteiger partial charge in [0, 0.05) is 12.1 Å². The van der Waals surface area contributed by atoms with Crippen LogP contribution in [0.3, 0.4) is 0 Å². The molecule has 20 heavy (non-hydrogen) atoms. The van der Waals surface area contributed by atoms with Crippen molar-refractivity contribution in [1.29, 1.82) is 0 Å². The van der Waals surface area contributed by atoms with Crippen molar-refractivity contribution in [3.63, 3.8) is 0 Å². The molecule has 3 nitrogen and oxygen atoms in total. The molecule has 0 spiro atoms. The fourth-order valence-corrected chi connectivity index (χ4v) is 2.56. The highest BCUT2D eigenvalue weighted by Crippen LogP contribution is 2.38. The Bertz CT molecular complexity index is 562. The number of ether oxygens (including phenoxy) is 1. The number of hydrogen-bond donors (Lipinski definition) is 1. The minimum absolute atomic E-state index is 0.174. The maximum Gasteiger partial charge on any atom is 0.213 e. The van der Waals surface area contributed by atoms with Crippen LogP contribution in [0, 0.1) is 5.82 Å². The van der Waals surface area contributed by atoms with Crippen LogP contribution in [-0.4, -0.2) is 18.1 Å². The number of anilines is 1. The highest BCUT2D eigenvalue weighted by molar-refractivity contribution is 5.44. The third-order valence-electron chi connectivity index (χ3n) is 3.80. The van der Waals surface area contributed by atoms with E-state index >= 15 is 0 Å². The summed E-state index contributed by atoms with van der Waals surface area (Å²) in [5.41, 5.74) is 2.23. The van der Waals surface area contributed by atoms with E-state index in [4.69, 9.17) is 4.74 Å². The first-order valence-corrected chi connectivity index (χ1v) is 6.76. The Labute approximate surface area is 117 Å². The smallest absolute Gasteiger partial charge is 0.213 e. The van der Waals surface area contributed by atoms with Crippen LogP contribution < -0.4 is 10.1 Å². The van der Waals surface area contributed by atoms with Gasteiger partial charge in [0.15, 0.2) is 0 Å². The number of methoxy groups -OCH3 is 1. The van der Waals surface area contributed by atoms with Gasteiger partial charge in [0.2, 0.25) is 5.88 Å². The Morgan fingerprint density at radius 3 is 2.50 bits per heavy atom. The summed E-state index contributed by atoms with van der Waals surface area (Å²) < 4.78 is 17.9. The zero-order chi connectivity index (χ0) is 13.9. The van der Waals surface area contributed by atoms with E-state index in [0.29, 0.717) is 17.8 Å². The van der Waals surface area contributed by atoms with Gasteiger partial charge in [-0.3, -0.25) is 0 Å². The van der Waals surface area contributed by atoms with E-state index < -0.39 is 0 Å². The summed E-state index contributed by atoms with van der Waals surface area (Å²) in [6.45, 7) is 0. The fraction of sp³-hybridized carbons (Fsp3) is 0.312. The molecule has 4 heteroatoms. The van der Waals surface area contributed by atoms with Gasteiger partial charge in [-0.1, -0.05) is 12.1 Å². The molecule has 1 N–H and O–H groups in total. The molecule has 3 rings (SSSR count). The molecule has 2 aromatic rings. The summed E-state index contributed by atoms with van der Waals surface area (Å²) in [5, 5.41) is 3.45. The standard InChI is InChI=1S/C16H17FN2O/c1-20-16-7-6-14(10-18-16)19-15-8-12(9-15)11-2-4-13(17)5-3-11/h2-7,10,12,15,19H,8-9H2,1H3. The van der Waals surface area contributed by atoms with E-state index in [1.807, 2.05) is 24.3 Å². The molecule has 1 heterocycles. The van der Waals surface area contributed by atoms with Crippen molar-refractivity contribution in [3.8, 4) is 5.88 Å². The van der Waals surface area contributed by atoms with Crippen LogP contribution in [0.15, 0.2) is 42.6 Å². The van der Waals surface area contributed by atoms with Crippen LogP contribution in [0.2, 0.25) is 0 Å². The minimum Gasteiger partial charge on any atom is -0.481 e. The second kappa shape index (κ2) is 5.49. The molecule has 1 aliphatic carbocycles. The Balaban J connectivity index is 1.53. The molecule has 0 bridgehead atoms. The van der Waals surface area contributed by atoms with Crippen molar-refractivity contribution in [2.45, 2.75) is 24.8 Å². The van der Waals surface area contributed by atoms with Gasteiger partial charge in [-0.05, 0) is 42.5 Å². The van der Waals surface area contributed by atoms with Gasteiger partial charge in [0.25, 0.3) is 0 Å². The van der Waals surface area contributed by atoms with Crippen molar-refractivity contribution < 1.29 is 9.13 Å². The predicted octanol–water partition coefficient (Wildman–Crippen LogP) is 3.59. The molecular formula is C16H17FN2O. The van der Waals surface area contributed by atoms with Crippen LogP contribution in [0.5, 0.6) is 5.88 Å². The topological polar surface area (TPSA) is 34.1 Å². The van der Waals surface area contributed by atoms with Gasteiger partial charge in [0.05, 0.1) is 19.0 Å². The predicted molar refractivity (Wildman–Crippen MR) is 76.6 cm³/mol. The molecule has 0 amide bonds. The van der Waals surface area contributed by atoms with Crippen molar-refractivity contribution in [2.75, 3.05) is 12.4 Å². The second-order valence-corrected chi connectivity index (χ2v) is 5.15. The largest absolute Gasteiger partial charge is 0.481 e. The first-order chi connectivity index (χ1) is 9.74. The summed E-state index contributed by atoms with van der Waals surface area (Å²) in [7, 11) is 1.61. The summed E-state index contributed by atoms with van der Waals surface area (Å²) in [4.78, 5) is 4.17. The second-order valence-electron chi connectivity index (χ2n) is 5.15. The molecule has 0 radical (unpaired) electrons. The summed E-state index contributed by atoms with van der Waals surface area (Å²) in [6, 6.07) is 11.1. The Kier molecular flexibility index (Phi) is 3.54. The number of hydrogen-bond acceptors (Lipinski definition) is 3. The molecule has 1 aromatic heterocycles.